The maximum atomic E-state index is 11.6. The Balaban J connectivity index is 2.48. The van der Waals surface area contributed by atoms with Crippen LogP contribution in [0.4, 0.5) is 0 Å². The maximum Gasteiger partial charge on any atom is 0.338 e. The molecule has 108 valence electrons. The molecule has 1 rings (SSSR count). The SMILES string of the molecule is CNC(=O)CN(C)C(=O)COC(=O)c1cccc(O)c1. The third-order valence-electron chi connectivity index (χ3n) is 2.49. The summed E-state index contributed by atoms with van der Waals surface area (Å²) in [5, 5.41) is 11.6. The van der Waals surface area contributed by atoms with Crippen LogP contribution >= 0.6 is 0 Å². The lowest BCUT2D eigenvalue weighted by molar-refractivity contribution is -0.137. The van der Waals surface area contributed by atoms with Gasteiger partial charge in [-0.05, 0) is 18.2 Å². The zero-order valence-electron chi connectivity index (χ0n) is 11.3. The lowest BCUT2D eigenvalue weighted by Crippen LogP contribution is -2.39. The Morgan fingerprint density at radius 1 is 1.35 bits per heavy atom. The molecule has 1 aromatic carbocycles. The molecule has 0 aromatic heterocycles. The van der Waals surface area contributed by atoms with Gasteiger partial charge in [-0.2, -0.15) is 0 Å². The van der Waals surface area contributed by atoms with Crippen LogP contribution in [0.1, 0.15) is 10.4 Å². The van der Waals surface area contributed by atoms with Crippen LogP contribution in [0.2, 0.25) is 0 Å². The minimum atomic E-state index is -0.720. The van der Waals surface area contributed by atoms with Crippen molar-refractivity contribution in [2.75, 3.05) is 27.2 Å². The van der Waals surface area contributed by atoms with Crippen molar-refractivity contribution in [2.45, 2.75) is 0 Å². The number of rotatable bonds is 5. The van der Waals surface area contributed by atoms with Crippen LogP contribution < -0.4 is 5.32 Å². The summed E-state index contributed by atoms with van der Waals surface area (Å²) in [4.78, 5) is 35.5. The molecule has 20 heavy (non-hydrogen) atoms. The van der Waals surface area contributed by atoms with E-state index in [1.165, 1.54) is 38.4 Å². The highest BCUT2D eigenvalue weighted by Gasteiger charge is 2.15. The molecule has 0 radical (unpaired) electrons. The fraction of sp³-hybridized carbons (Fsp3) is 0.308. The summed E-state index contributed by atoms with van der Waals surface area (Å²) in [5.74, 6) is -1.60. The summed E-state index contributed by atoms with van der Waals surface area (Å²) in [6.07, 6.45) is 0. The molecule has 2 N–H and O–H groups in total. The summed E-state index contributed by atoms with van der Waals surface area (Å²) < 4.78 is 4.81. The van der Waals surface area contributed by atoms with Crippen molar-refractivity contribution < 1.29 is 24.2 Å². The number of hydrogen-bond acceptors (Lipinski definition) is 5. The third-order valence-corrected chi connectivity index (χ3v) is 2.49. The van der Waals surface area contributed by atoms with Gasteiger partial charge in [-0.25, -0.2) is 4.79 Å². The van der Waals surface area contributed by atoms with Crippen molar-refractivity contribution in [1.82, 2.24) is 10.2 Å². The fourth-order valence-corrected chi connectivity index (χ4v) is 1.34. The number of amides is 2. The van der Waals surface area contributed by atoms with Crippen LogP contribution in [0, 0.1) is 0 Å². The number of esters is 1. The average molecular weight is 280 g/mol. The molecule has 7 heteroatoms. The molecular formula is C13H16N2O5. The first kappa shape index (κ1) is 15.5. The monoisotopic (exact) mass is 280 g/mol. The molecule has 0 aliphatic rings. The topological polar surface area (TPSA) is 95.9 Å². The van der Waals surface area contributed by atoms with E-state index in [4.69, 9.17) is 4.74 Å². The summed E-state index contributed by atoms with van der Waals surface area (Å²) in [6.45, 7) is -0.582. The number of aromatic hydroxyl groups is 1. The van der Waals surface area contributed by atoms with Crippen LogP contribution in [0.5, 0.6) is 5.75 Å². The summed E-state index contributed by atoms with van der Waals surface area (Å²) >= 11 is 0. The molecular weight excluding hydrogens is 264 g/mol. The van der Waals surface area contributed by atoms with E-state index in [0.29, 0.717) is 0 Å². The summed E-state index contributed by atoms with van der Waals surface area (Å²) in [6, 6.07) is 5.60. The van der Waals surface area contributed by atoms with Crippen LogP contribution in [0.15, 0.2) is 24.3 Å². The number of ether oxygens (including phenoxy) is 1. The van der Waals surface area contributed by atoms with E-state index in [-0.39, 0.29) is 23.8 Å². The molecule has 0 unspecified atom stereocenters. The minimum Gasteiger partial charge on any atom is -0.508 e. The standard InChI is InChI=1S/C13H16N2O5/c1-14-11(17)7-15(2)12(18)8-20-13(19)9-4-3-5-10(16)6-9/h3-6,16H,7-8H2,1-2H3,(H,14,17). The molecule has 0 aliphatic heterocycles. The number of nitrogens with one attached hydrogen (secondary N) is 1. The molecule has 0 aliphatic carbocycles. The van der Waals surface area contributed by atoms with Crippen molar-refractivity contribution in [3.05, 3.63) is 29.8 Å². The number of nitrogens with zero attached hydrogens (tertiary/aromatic N) is 1. The second-order valence-electron chi connectivity index (χ2n) is 4.05. The molecule has 2 amide bonds. The number of likely N-dealkylation sites (N-methyl/N-ethyl adjacent to an activating group) is 2. The van der Waals surface area contributed by atoms with Gasteiger partial charge in [0.2, 0.25) is 5.91 Å². The Labute approximate surface area is 116 Å². The van der Waals surface area contributed by atoms with Gasteiger partial charge in [-0.1, -0.05) is 6.07 Å². The first-order valence-corrected chi connectivity index (χ1v) is 5.84. The van der Waals surface area contributed by atoms with E-state index in [2.05, 4.69) is 5.32 Å². The number of hydrogen-bond donors (Lipinski definition) is 2. The molecule has 0 bridgehead atoms. The van der Waals surface area contributed by atoms with E-state index >= 15 is 0 Å². The van der Waals surface area contributed by atoms with Crippen LogP contribution in [0.25, 0.3) is 0 Å². The van der Waals surface area contributed by atoms with Gasteiger partial charge in [0.25, 0.3) is 5.91 Å². The smallest absolute Gasteiger partial charge is 0.338 e. The molecule has 0 fully saturated rings. The van der Waals surface area contributed by atoms with Crippen LogP contribution in [-0.4, -0.2) is 55.0 Å². The third kappa shape index (κ3) is 4.60. The number of benzene rings is 1. The van der Waals surface area contributed by atoms with Gasteiger partial charge in [0.15, 0.2) is 6.61 Å². The van der Waals surface area contributed by atoms with Crippen molar-refractivity contribution >= 4 is 17.8 Å². The first-order chi connectivity index (χ1) is 9.43. The van der Waals surface area contributed by atoms with Crippen molar-refractivity contribution in [1.29, 1.82) is 0 Å². The second-order valence-corrected chi connectivity index (χ2v) is 4.05. The van der Waals surface area contributed by atoms with Crippen molar-refractivity contribution in [2.24, 2.45) is 0 Å². The molecule has 1 aromatic rings. The second kappa shape index (κ2) is 7.13. The van der Waals surface area contributed by atoms with E-state index in [9.17, 15) is 19.5 Å². The largest absolute Gasteiger partial charge is 0.508 e. The Morgan fingerprint density at radius 3 is 2.65 bits per heavy atom. The average Bonchev–Trinajstić information content (AvgIpc) is 2.43. The molecule has 0 saturated carbocycles. The highest BCUT2D eigenvalue weighted by atomic mass is 16.5. The predicted molar refractivity (Wildman–Crippen MR) is 70.1 cm³/mol. The fourth-order valence-electron chi connectivity index (χ4n) is 1.34. The highest BCUT2D eigenvalue weighted by Crippen LogP contribution is 2.11. The van der Waals surface area contributed by atoms with E-state index < -0.39 is 18.5 Å². The van der Waals surface area contributed by atoms with E-state index in [1.807, 2.05) is 0 Å². The molecule has 0 saturated heterocycles. The summed E-state index contributed by atoms with van der Waals surface area (Å²) in [7, 11) is 2.89. The highest BCUT2D eigenvalue weighted by molar-refractivity contribution is 5.92. The quantitative estimate of drug-likeness (QED) is 0.725. The Bertz CT molecular complexity index is 515. The maximum absolute atomic E-state index is 11.6. The first-order valence-electron chi connectivity index (χ1n) is 5.84. The lowest BCUT2D eigenvalue weighted by Gasteiger charge is -2.15. The van der Waals surface area contributed by atoms with Crippen LogP contribution in [-0.2, 0) is 14.3 Å². The summed E-state index contributed by atoms with van der Waals surface area (Å²) in [5.41, 5.74) is 0.145. The number of phenolic OH excluding ortho intramolecular Hbond substituents is 1. The number of carbonyl (C=O) groups is 3. The van der Waals surface area contributed by atoms with Gasteiger partial charge in [0.1, 0.15) is 5.75 Å². The molecule has 0 atom stereocenters. The lowest BCUT2D eigenvalue weighted by atomic mass is 10.2. The molecule has 7 nitrogen and oxygen atoms in total. The van der Waals surface area contributed by atoms with Crippen molar-refractivity contribution in [3.63, 3.8) is 0 Å². The number of carbonyl (C=O) groups excluding carboxylic acids is 3. The van der Waals surface area contributed by atoms with Gasteiger partial charge in [-0.15, -0.1) is 0 Å². The van der Waals surface area contributed by atoms with E-state index in [1.54, 1.807) is 0 Å². The molecule has 0 spiro atoms. The van der Waals surface area contributed by atoms with Crippen LogP contribution in [0.3, 0.4) is 0 Å². The minimum absolute atomic E-state index is 0.0671. The Hall–Kier alpha value is -2.57. The van der Waals surface area contributed by atoms with Gasteiger partial charge >= 0.3 is 5.97 Å². The van der Waals surface area contributed by atoms with Gasteiger partial charge in [-0.3, -0.25) is 9.59 Å². The van der Waals surface area contributed by atoms with Crippen molar-refractivity contribution in [3.8, 4) is 5.75 Å². The molecule has 0 heterocycles. The predicted octanol–water partition coefficient (Wildman–Crippen LogP) is -0.247. The normalized spacial score (nSPS) is 9.70. The Morgan fingerprint density at radius 2 is 2.05 bits per heavy atom. The zero-order valence-corrected chi connectivity index (χ0v) is 11.3. The van der Waals surface area contributed by atoms with E-state index in [0.717, 1.165) is 4.90 Å². The van der Waals surface area contributed by atoms with Gasteiger partial charge in [0, 0.05) is 14.1 Å². The zero-order chi connectivity index (χ0) is 15.1. The van der Waals surface area contributed by atoms with Gasteiger partial charge in [0.05, 0.1) is 12.1 Å². The number of phenols is 1. The Kier molecular flexibility index (Phi) is 5.52. The van der Waals surface area contributed by atoms with Gasteiger partial charge < -0.3 is 20.1 Å².